The lowest BCUT2D eigenvalue weighted by Crippen LogP contribution is -2.39. The Bertz CT molecular complexity index is 561. The minimum absolute atomic E-state index is 0.0771. The molecule has 0 amide bonds. The second-order valence-corrected chi connectivity index (χ2v) is 7.57. The van der Waals surface area contributed by atoms with Crippen molar-refractivity contribution in [2.24, 2.45) is 11.5 Å². The third-order valence-electron chi connectivity index (χ3n) is 3.65. The molecule has 3 atom stereocenters. The molecule has 4 nitrogen and oxygen atoms in total. The summed E-state index contributed by atoms with van der Waals surface area (Å²) in [5, 5.41) is -0.0233. The standard InChI is InChI=1S/C12H17ClN2O2S/c1-2-18(16,17)11-10(12(11,15)7-14)8-4-3-5-9(13)6-8/h3-6,10-11H,2,7,14-15H2,1H3/t10-,11-,12+/m1/s1. The van der Waals surface area contributed by atoms with Crippen LogP contribution < -0.4 is 11.5 Å². The zero-order valence-electron chi connectivity index (χ0n) is 10.1. The fraction of sp³-hybridized carbons (Fsp3) is 0.500. The topological polar surface area (TPSA) is 86.2 Å². The van der Waals surface area contributed by atoms with Gasteiger partial charge in [0, 0.05) is 23.2 Å². The molecule has 1 aliphatic rings. The lowest BCUT2D eigenvalue weighted by Gasteiger charge is -2.08. The third-order valence-corrected chi connectivity index (χ3v) is 6.18. The van der Waals surface area contributed by atoms with Crippen LogP contribution in [0.5, 0.6) is 0 Å². The molecule has 1 aromatic rings. The normalized spacial score (nSPS) is 31.3. The average Bonchev–Trinajstić information content (AvgIpc) is 2.98. The summed E-state index contributed by atoms with van der Waals surface area (Å²) in [5.74, 6) is -0.181. The predicted octanol–water partition coefficient (Wildman–Crippen LogP) is 0.897. The van der Waals surface area contributed by atoms with Crippen molar-refractivity contribution >= 4 is 21.4 Å². The predicted molar refractivity (Wildman–Crippen MR) is 73.4 cm³/mol. The van der Waals surface area contributed by atoms with Crippen LogP contribution in [-0.4, -0.2) is 31.5 Å². The van der Waals surface area contributed by atoms with Gasteiger partial charge in [0.15, 0.2) is 9.84 Å². The zero-order valence-corrected chi connectivity index (χ0v) is 11.7. The molecular formula is C12H17ClN2O2S. The first-order valence-electron chi connectivity index (χ1n) is 5.83. The first-order chi connectivity index (χ1) is 8.36. The highest BCUT2D eigenvalue weighted by molar-refractivity contribution is 7.92. The largest absolute Gasteiger partial charge is 0.329 e. The molecule has 100 valence electrons. The second kappa shape index (κ2) is 4.49. The lowest BCUT2D eigenvalue weighted by molar-refractivity contribution is 0.587. The van der Waals surface area contributed by atoms with Crippen LogP contribution in [0.3, 0.4) is 0 Å². The Labute approximate surface area is 112 Å². The van der Waals surface area contributed by atoms with E-state index in [2.05, 4.69) is 0 Å². The van der Waals surface area contributed by atoms with E-state index in [0.29, 0.717) is 5.02 Å². The van der Waals surface area contributed by atoms with Crippen molar-refractivity contribution in [3.63, 3.8) is 0 Å². The summed E-state index contributed by atoms with van der Waals surface area (Å²) in [5.41, 5.74) is 11.8. The van der Waals surface area contributed by atoms with E-state index in [9.17, 15) is 8.42 Å². The van der Waals surface area contributed by atoms with Crippen molar-refractivity contribution in [1.29, 1.82) is 0 Å². The Kier molecular flexibility index (Phi) is 3.44. The SMILES string of the molecule is CCS(=O)(=O)[C@@H]1[C@@H](c2cccc(Cl)c2)[C@@]1(N)CN. The van der Waals surface area contributed by atoms with Crippen molar-refractivity contribution in [3.8, 4) is 0 Å². The monoisotopic (exact) mass is 288 g/mol. The number of hydrogen-bond acceptors (Lipinski definition) is 4. The van der Waals surface area contributed by atoms with Gasteiger partial charge in [0.05, 0.1) is 10.8 Å². The third kappa shape index (κ3) is 2.05. The van der Waals surface area contributed by atoms with Crippen LogP contribution in [0, 0.1) is 0 Å². The molecule has 1 aromatic carbocycles. The van der Waals surface area contributed by atoms with Gasteiger partial charge in [-0.1, -0.05) is 30.7 Å². The Balaban J connectivity index is 2.40. The summed E-state index contributed by atoms with van der Waals surface area (Å²) in [6.07, 6.45) is 0. The molecule has 0 spiro atoms. The highest BCUT2D eigenvalue weighted by Gasteiger charge is 2.67. The van der Waals surface area contributed by atoms with E-state index < -0.39 is 20.6 Å². The van der Waals surface area contributed by atoms with Crippen molar-refractivity contribution in [3.05, 3.63) is 34.9 Å². The van der Waals surface area contributed by atoms with Gasteiger partial charge in [0.1, 0.15) is 0 Å². The van der Waals surface area contributed by atoms with Gasteiger partial charge < -0.3 is 11.5 Å². The first kappa shape index (κ1) is 13.8. The summed E-state index contributed by atoms with van der Waals surface area (Å²) in [7, 11) is -3.20. The van der Waals surface area contributed by atoms with Crippen LogP contribution in [0.2, 0.25) is 5.02 Å². The number of halogens is 1. The maximum Gasteiger partial charge on any atom is 0.155 e. The summed E-state index contributed by atoms with van der Waals surface area (Å²) in [6.45, 7) is 1.77. The van der Waals surface area contributed by atoms with Gasteiger partial charge in [0.2, 0.25) is 0 Å². The van der Waals surface area contributed by atoms with Crippen LogP contribution in [0.4, 0.5) is 0 Å². The molecule has 0 radical (unpaired) electrons. The van der Waals surface area contributed by atoms with Crippen molar-refractivity contribution in [2.45, 2.75) is 23.6 Å². The van der Waals surface area contributed by atoms with Gasteiger partial charge in [-0.3, -0.25) is 0 Å². The highest BCUT2D eigenvalue weighted by Crippen LogP contribution is 2.53. The molecule has 0 aliphatic heterocycles. The molecule has 4 N–H and O–H groups in total. The molecule has 0 unspecified atom stereocenters. The number of nitrogens with two attached hydrogens (primary N) is 2. The van der Waals surface area contributed by atoms with Crippen LogP contribution in [-0.2, 0) is 9.84 Å². The number of sulfone groups is 1. The van der Waals surface area contributed by atoms with E-state index in [1.165, 1.54) is 0 Å². The molecule has 0 heterocycles. The van der Waals surface area contributed by atoms with E-state index in [-0.39, 0.29) is 18.2 Å². The quantitative estimate of drug-likeness (QED) is 0.862. The molecule has 0 bridgehead atoms. The van der Waals surface area contributed by atoms with E-state index in [1.807, 2.05) is 6.07 Å². The molecule has 0 saturated heterocycles. The van der Waals surface area contributed by atoms with Gasteiger partial charge >= 0.3 is 0 Å². The molecule has 0 aromatic heterocycles. The van der Waals surface area contributed by atoms with Gasteiger partial charge in [-0.25, -0.2) is 8.42 Å². The highest BCUT2D eigenvalue weighted by atomic mass is 35.5. The Hall–Kier alpha value is -0.620. The van der Waals surface area contributed by atoms with E-state index in [4.69, 9.17) is 23.1 Å². The van der Waals surface area contributed by atoms with Crippen molar-refractivity contribution < 1.29 is 8.42 Å². The number of rotatable bonds is 4. The fourth-order valence-corrected chi connectivity index (χ4v) is 4.79. The van der Waals surface area contributed by atoms with Gasteiger partial charge in [-0.05, 0) is 17.7 Å². The van der Waals surface area contributed by atoms with E-state index in [1.54, 1.807) is 25.1 Å². The van der Waals surface area contributed by atoms with Crippen LogP contribution >= 0.6 is 11.6 Å². The van der Waals surface area contributed by atoms with Crippen molar-refractivity contribution in [2.75, 3.05) is 12.3 Å². The smallest absolute Gasteiger partial charge is 0.155 e. The molecule has 6 heteroatoms. The van der Waals surface area contributed by atoms with Crippen LogP contribution in [0.1, 0.15) is 18.4 Å². The summed E-state index contributed by atoms with van der Waals surface area (Å²) in [4.78, 5) is 0. The van der Waals surface area contributed by atoms with Crippen molar-refractivity contribution in [1.82, 2.24) is 0 Å². The molecular weight excluding hydrogens is 272 g/mol. The number of benzene rings is 1. The molecule has 18 heavy (non-hydrogen) atoms. The summed E-state index contributed by atoms with van der Waals surface area (Å²) < 4.78 is 24.1. The fourth-order valence-electron chi connectivity index (χ4n) is 2.57. The molecule has 2 rings (SSSR count). The minimum Gasteiger partial charge on any atom is -0.329 e. The van der Waals surface area contributed by atoms with E-state index in [0.717, 1.165) is 5.56 Å². The van der Waals surface area contributed by atoms with Gasteiger partial charge in [-0.2, -0.15) is 0 Å². The van der Waals surface area contributed by atoms with Gasteiger partial charge in [0.25, 0.3) is 0 Å². The number of hydrogen-bond donors (Lipinski definition) is 2. The first-order valence-corrected chi connectivity index (χ1v) is 7.92. The molecule has 1 fully saturated rings. The molecule has 1 saturated carbocycles. The Morgan fingerprint density at radius 1 is 1.44 bits per heavy atom. The summed E-state index contributed by atoms with van der Waals surface area (Å²) >= 11 is 5.93. The van der Waals surface area contributed by atoms with Crippen LogP contribution in [0.15, 0.2) is 24.3 Å². The molecule has 1 aliphatic carbocycles. The zero-order chi connectivity index (χ0) is 13.6. The Morgan fingerprint density at radius 3 is 2.61 bits per heavy atom. The van der Waals surface area contributed by atoms with Crippen LogP contribution in [0.25, 0.3) is 0 Å². The summed E-state index contributed by atoms with van der Waals surface area (Å²) in [6, 6.07) is 7.15. The lowest BCUT2D eigenvalue weighted by atomic mass is 10.1. The van der Waals surface area contributed by atoms with E-state index >= 15 is 0 Å². The second-order valence-electron chi connectivity index (χ2n) is 4.72. The minimum atomic E-state index is -3.20. The van der Waals surface area contributed by atoms with Gasteiger partial charge in [-0.15, -0.1) is 0 Å². The Morgan fingerprint density at radius 2 is 2.11 bits per heavy atom. The average molecular weight is 289 g/mol. The maximum absolute atomic E-state index is 12.0. The maximum atomic E-state index is 12.0.